The summed E-state index contributed by atoms with van der Waals surface area (Å²) in [5.74, 6) is -3.06. The molecule has 3 aliphatic rings. The number of aliphatic hydroxyl groups is 4. The number of esters is 1. The van der Waals surface area contributed by atoms with Crippen LogP contribution in [0.15, 0.2) is 11.6 Å². The van der Waals surface area contributed by atoms with Crippen LogP contribution in [0.3, 0.4) is 0 Å². The summed E-state index contributed by atoms with van der Waals surface area (Å²) in [7, 11) is 0. The summed E-state index contributed by atoms with van der Waals surface area (Å²) in [6, 6.07) is 0. The summed E-state index contributed by atoms with van der Waals surface area (Å²) >= 11 is 6.94. The standard InChI is InChI=1S/C25H38O8S2.2Ac/c1-12-9-22(4,5)25(31,10-16(12)28)20(33-14(3)27)18-23(6,19(29)13(2)26)15(21(34)35-7)8-17-24(18,30)11-32-17;;/h9,13,15-18,20,26,28,30-31H,8,10-11H2,1-7H3;;/t13-,15-,16+,17-,18+,20+,23-,24+,25-;;/m1../s1. The molecule has 2 fully saturated rings. The summed E-state index contributed by atoms with van der Waals surface area (Å²) in [5, 5.41) is 45.4. The topological polar surface area (TPSA) is 134 Å². The number of carbonyl (C=O) groups is 2. The van der Waals surface area contributed by atoms with Crippen molar-refractivity contribution >= 4 is 39.9 Å². The van der Waals surface area contributed by atoms with Gasteiger partial charge in [0.2, 0.25) is 0 Å². The van der Waals surface area contributed by atoms with Gasteiger partial charge in [0.05, 0.1) is 23.0 Å². The maximum absolute atomic E-state index is 13.8. The summed E-state index contributed by atoms with van der Waals surface area (Å²) in [5.41, 5.74) is -5.33. The summed E-state index contributed by atoms with van der Waals surface area (Å²) in [6.07, 6.45) is -0.920. The Morgan fingerprint density at radius 3 is 2.24 bits per heavy atom. The molecule has 0 aromatic carbocycles. The SMILES string of the molecule is CSC(=S)[C@H]1C[C@H]2OC[C@@]2(O)[C@@H]([C@H](OC(C)=O)[C@]2(O)C[C@H](O)C(C)=CC2(C)C)[C@]1(C)C(=O)[C@@H](C)O.[Ac].[Ac]. The molecule has 9 atom stereocenters. The molecule has 2 radical (unpaired) electrons. The number of Topliss-reactive ketones (excluding diaryl/α,β-unsaturated/α-hetero) is 1. The summed E-state index contributed by atoms with van der Waals surface area (Å²) < 4.78 is 12.0. The first-order chi connectivity index (χ1) is 16.0. The Labute approximate surface area is 300 Å². The number of fused-ring (bicyclic) bond motifs is 1. The van der Waals surface area contributed by atoms with Crippen LogP contribution >= 0.6 is 24.0 Å². The fraction of sp³-hybridized carbons (Fsp3) is 0.800. The van der Waals surface area contributed by atoms with Crippen molar-refractivity contribution in [1.29, 1.82) is 0 Å². The molecule has 8 nitrogen and oxygen atoms in total. The molecule has 204 valence electrons. The Hall–Kier alpha value is 2.00. The predicted molar refractivity (Wildman–Crippen MR) is 136 cm³/mol. The Bertz CT molecular complexity index is 944. The summed E-state index contributed by atoms with van der Waals surface area (Å²) in [6.45, 7) is 9.33. The monoisotopic (exact) mass is 984 g/mol. The van der Waals surface area contributed by atoms with Gasteiger partial charge in [-0.3, -0.25) is 9.59 Å². The quantitative estimate of drug-likeness (QED) is 0.178. The van der Waals surface area contributed by atoms with Gasteiger partial charge in [0.15, 0.2) is 5.78 Å². The Kier molecular flexibility index (Phi) is 13.1. The van der Waals surface area contributed by atoms with Gasteiger partial charge < -0.3 is 29.9 Å². The second-order valence-corrected chi connectivity index (χ2v) is 12.7. The van der Waals surface area contributed by atoms with Crippen LogP contribution in [0.25, 0.3) is 0 Å². The third-order valence-corrected chi connectivity index (χ3v) is 10.1. The molecule has 2 aliphatic carbocycles. The van der Waals surface area contributed by atoms with E-state index in [9.17, 15) is 30.0 Å². The van der Waals surface area contributed by atoms with Crippen molar-refractivity contribution in [2.75, 3.05) is 12.9 Å². The van der Waals surface area contributed by atoms with Gasteiger partial charge in [-0.2, -0.15) is 0 Å². The zero-order valence-electron chi connectivity index (χ0n) is 22.6. The van der Waals surface area contributed by atoms with Gasteiger partial charge in [-0.05, 0) is 32.1 Å². The van der Waals surface area contributed by atoms with Gasteiger partial charge in [-0.25, -0.2) is 0 Å². The maximum atomic E-state index is 13.8. The van der Waals surface area contributed by atoms with Crippen molar-refractivity contribution in [3.05, 3.63) is 11.6 Å². The zero-order valence-corrected chi connectivity index (χ0v) is 33.7. The summed E-state index contributed by atoms with van der Waals surface area (Å²) in [4.78, 5) is 26.2. The number of ketones is 1. The van der Waals surface area contributed by atoms with Crippen molar-refractivity contribution in [2.45, 2.75) is 90.0 Å². The Balaban J connectivity index is 0.00000342. The molecule has 1 heterocycles. The molecule has 0 aromatic heterocycles. The van der Waals surface area contributed by atoms with Crippen molar-refractivity contribution in [3.8, 4) is 0 Å². The molecular formula is C25H38Ac2O8S2. The van der Waals surface area contributed by atoms with Crippen LogP contribution < -0.4 is 0 Å². The first kappa shape index (κ1) is 37.0. The number of carbonyl (C=O) groups excluding carboxylic acids is 2. The molecule has 0 amide bonds. The molecule has 1 saturated heterocycles. The van der Waals surface area contributed by atoms with Crippen LogP contribution in [0.2, 0.25) is 0 Å². The molecule has 0 unspecified atom stereocenters. The maximum Gasteiger partial charge on any atom is 0.303 e. The van der Waals surface area contributed by atoms with Gasteiger partial charge in [0.25, 0.3) is 0 Å². The zero-order chi connectivity index (χ0) is 26.7. The first-order valence-electron chi connectivity index (χ1n) is 11.9. The Morgan fingerprint density at radius 2 is 1.81 bits per heavy atom. The smallest absolute Gasteiger partial charge is 0.303 e. The fourth-order valence-corrected chi connectivity index (χ4v) is 7.54. The van der Waals surface area contributed by atoms with E-state index in [2.05, 4.69) is 0 Å². The molecule has 37 heavy (non-hydrogen) atoms. The number of rotatable bonds is 6. The number of hydrogen-bond donors (Lipinski definition) is 4. The number of aliphatic hydroxyl groups excluding tert-OH is 2. The van der Waals surface area contributed by atoms with Crippen LogP contribution in [0.5, 0.6) is 0 Å². The molecular weight excluding hydrogens is 946 g/mol. The largest absolute Gasteiger partial charge is 0.459 e. The van der Waals surface area contributed by atoms with Crippen molar-refractivity contribution in [3.63, 3.8) is 0 Å². The second-order valence-electron chi connectivity index (χ2n) is 11.2. The van der Waals surface area contributed by atoms with E-state index < -0.39 is 70.0 Å². The van der Waals surface area contributed by atoms with Crippen LogP contribution in [-0.2, 0) is 19.1 Å². The van der Waals surface area contributed by atoms with E-state index in [-0.39, 0.29) is 108 Å². The number of ether oxygens (including phenoxy) is 2. The van der Waals surface area contributed by atoms with Gasteiger partial charge in [-0.15, -0.1) is 11.8 Å². The first-order valence-corrected chi connectivity index (χ1v) is 13.5. The molecule has 0 spiro atoms. The van der Waals surface area contributed by atoms with Crippen molar-refractivity contribution < 1.29 is 128 Å². The van der Waals surface area contributed by atoms with Crippen LogP contribution in [0.1, 0.15) is 54.4 Å². The van der Waals surface area contributed by atoms with Crippen LogP contribution in [-0.4, -0.2) is 84.9 Å². The molecule has 12 heteroatoms. The third kappa shape index (κ3) is 6.22. The molecule has 1 aliphatic heterocycles. The van der Waals surface area contributed by atoms with E-state index in [0.29, 0.717) is 9.77 Å². The molecule has 0 bridgehead atoms. The Morgan fingerprint density at radius 1 is 1.24 bits per heavy atom. The van der Waals surface area contributed by atoms with E-state index >= 15 is 0 Å². The molecule has 1 saturated carbocycles. The molecule has 3 rings (SSSR count). The number of thioether (sulfide) groups is 1. The molecule has 0 aromatic rings. The van der Waals surface area contributed by atoms with Gasteiger partial charge in [0.1, 0.15) is 23.4 Å². The normalized spacial score (nSPS) is 39.8. The second kappa shape index (κ2) is 13.1. The van der Waals surface area contributed by atoms with Crippen molar-refractivity contribution in [1.82, 2.24) is 0 Å². The average molecular weight is 985 g/mol. The minimum Gasteiger partial charge on any atom is -0.459 e. The van der Waals surface area contributed by atoms with Crippen molar-refractivity contribution in [2.24, 2.45) is 22.7 Å². The van der Waals surface area contributed by atoms with E-state index in [1.54, 1.807) is 40.0 Å². The van der Waals surface area contributed by atoms with Gasteiger partial charge in [-0.1, -0.05) is 39.1 Å². The van der Waals surface area contributed by atoms with E-state index in [0.717, 1.165) is 0 Å². The fourth-order valence-electron chi connectivity index (χ4n) is 6.58. The third-order valence-electron chi connectivity index (χ3n) is 8.63. The number of hydrogen-bond acceptors (Lipinski definition) is 10. The minimum atomic E-state index is -1.86. The minimum absolute atomic E-state index is 0. The van der Waals surface area contributed by atoms with E-state index in [4.69, 9.17) is 21.7 Å². The van der Waals surface area contributed by atoms with E-state index in [1.165, 1.54) is 25.6 Å². The predicted octanol–water partition coefficient (Wildman–Crippen LogP) is 1.80. The average Bonchev–Trinajstić information content (AvgIpc) is 2.74. The van der Waals surface area contributed by atoms with Crippen LogP contribution in [0.4, 0.5) is 0 Å². The number of thiocarbonyl (C=S) groups is 1. The van der Waals surface area contributed by atoms with Gasteiger partial charge >= 0.3 is 5.97 Å². The molecule has 4 N–H and O–H groups in total. The van der Waals surface area contributed by atoms with E-state index in [1.807, 2.05) is 0 Å². The van der Waals surface area contributed by atoms with Crippen LogP contribution in [0, 0.1) is 111 Å². The van der Waals surface area contributed by atoms with Gasteiger partial charge in [0, 0.05) is 124 Å².